The fraction of sp³-hybridized carbons (Fsp3) is 0.370. The zero-order chi connectivity index (χ0) is 24.4. The molecule has 2 N–H and O–H groups in total. The SMILES string of the molecule is CCNC1CCN(c2ccc(-c3nc4c(C)nn(-c5ccccc5)c4c(=O)[nH]3)c(OCC)c2)CC1. The Labute approximate surface area is 205 Å². The van der Waals surface area contributed by atoms with E-state index in [0.717, 1.165) is 55.2 Å². The van der Waals surface area contributed by atoms with Crippen LogP contribution in [0, 0.1) is 6.92 Å². The van der Waals surface area contributed by atoms with E-state index in [1.165, 1.54) is 0 Å². The van der Waals surface area contributed by atoms with E-state index in [2.05, 4.69) is 39.4 Å². The first-order valence-electron chi connectivity index (χ1n) is 12.4. The molecule has 0 unspecified atom stereocenters. The van der Waals surface area contributed by atoms with Crippen molar-refractivity contribution in [1.82, 2.24) is 25.1 Å². The van der Waals surface area contributed by atoms with Crippen molar-refractivity contribution in [3.05, 3.63) is 64.6 Å². The second kappa shape index (κ2) is 9.92. The van der Waals surface area contributed by atoms with Gasteiger partial charge in [0, 0.05) is 30.9 Å². The van der Waals surface area contributed by atoms with Crippen LogP contribution >= 0.6 is 0 Å². The van der Waals surface area contributed by atoms with Crippen molar-refractivity contribution in [2.24, 2.45) is 0 Å². The Bertz CT molecular complexity index is 1370. The third-order valence-electron chi connectivity index (χ3n) is 6.57. The summed E-state index contributed by atoms with van der Waals surface area (Å²) in [6.07, 6.45) is 2.24. The summed E-state index contributed by atoms with van der Waals surface area (Å²) in [7, 11) is 0. The van der Waals surface area contributed by atoms with Gasteiger partial charge in [0.05, 0.1) is 23.6 Å². The number of anilines is 1. The molecule has 4 aromatic rings. The van der Waals surface area contributed by atoms with E-state index in [1.807, 2.05) is 50.2 Å². The monoisotopic (exact) mass is 472 g/mol. The van der Waals surface area contributed by atoms with E-state index in [4.69, 9.17) is 9.72 Å². The summed E-state index contributed by atoms with van der Waals surface area (Å²) in [5.74, 6) is 1.20. The molecule has 0 spiro atoms. The van der Waals surface area contributed by atoms with Crippen molar-refractivity contribution >= 4 is 16.7 Å². The minimum Gasteiger partial charge on any atom is -0.493 e. The Morgan fingerprint density at radius 1 is 1.09 bits per heavy atom. The molecule has 0 aliphatic carbocycles. The second-order valence-corrected chi connectivity index (χ2v) is 8.88. The topological polar surface area (TPSA) is 88.1 Å². The molecule has 5 rings (SSSR count). The molecule has 8 heteroatoms. The summed E-state index contributed by atoms with van der Waals surface area (Å²) in [5.41, 5.74) is 4.22. The normalized spacial score (nSPS) is 14.5. The summed E-state index contributed by atoms with van der Waals surface area (Å²) in [6.45, 7) is 9.53. The van der Waals surface area contributed by atoms with Crippen LogP contribution in [0.3, 0.4) is 0 Å². The lowest BCUT2D eigenvalue weighted by molar-refractivity contribution is 0.341. The largest absolute Gasteiger partial charge is 0.493 e. The Morgan fingerprint density at radius 3 is 2.57 bits per heavy atom. The van der Waals surface area contributed by atoms with E-state index in [-0.39, 0.29) is 5.56 Å². The summed E-state index contributed by atoms with van der Waals surface area (Å²) in [5, 5.41) is 8.16. The van der Waals surface area contributed by atoms with E-state index >= 15 is 0 Å². The lowest BCUT2D eigenvalue weighted by Crippen LogP contribution is -2.42. The van der Waals surface area contributed by atoms with Gasteiger partial charge in [0.25, 0.3) is 5.56 Å². The van der Waals surface area contributed by atoms with Gasteiger partial charge in [-0.2, -0.15) is 5.10 Å². The first-order chi connectivity index (χ1) is 17.1. The number of aromatic amines is 1. The number of ether oxygens (including phenoxy) is 1. The highest BCUT2D eigenvalue weighted by Gasteiger charge is 2.21. The van der Waals surface area contributed by atoms with Gasteiger partial charge in [-0.1, -0.05) is 25.1 Å². The fourth-order valence-corrected chi connectivity index (χ4v) is 4.86. The maximum Gasteiger partial charge on any atom is 0.277 e. The summed E-state index contributed by atoms with van der Waals surface area (Å²) in [4.78, 5) is 23.4. The van der Waals surface area contributed by atoms with Crippen LogP contribution in [0.5, 0.6) is 5.75 Å². The number of nitrogens with one attached hydrogen (secondary N) is 2. The Morgan fingerprint density at radius 2 is 1.86 bits per heavy atom. The number of aryl methyl sites for hydroxylation is 1. The van der Waals surface area contributed by atoms with Crippen molar-refractivity contribution in [3.63, 3.8) is 0 Å². The third kappa shape index (κ3) is 4.53. The number of benzene rings is 2. The highest BCUT2D eigenvalue weighted by Crippen LogP contribution is 2.33. The molecule has 2 aromatic carbocycles. The molecule has 0 amide bonds. The van der Waals surface area contributed by atoms with Crippen molar-refractivity contribution < 1.29 is 4.74 Å². The lowest BCUT2D eigenvalue weighted by Gasteiger charge is -2.34. The van der Waals surface area contributed by atoms with Crippen molar-refractivity contribution in [2.45, 2.75) is 39.7 Å². The number of rotatable bonds is 7. The van der Waals surface area contributed by atoms with Crippen LogP contribution in [0.25, 0.3) is 28.1 Å². The average Bonchev–Trinajstić information content (AvgIpc) is 3.22. The molecule has 1 aliphatic rings. The molecule has 2 aromatic heterocycles. The highest BCUT2D eigenvalue weighted by molar-refractivity contribution is 5.81. The van der Waals surface area contributed by atoms with Crippen LogP contribution < -0.4 is 20.5 Å². The molecule has 182 valence electrons. The quantitative estimate of drug-likeness (QED) is 0.422. The molecule has 1 saturated heterocycles. The number of aromatic nitrogens is 4. The van der Waals surface area contributed by atoms with E-state index in [9.17, 15) is 4.79 Å². The maximum absolute atomic E-state index is 13.2. The van der Waals surface area contributed by atoms with Gasteiger partial charge in [0.1, 0.15) is 17.1 Å². The van der Waals surface area contributed by atoms with Crippen LogP contribution in [-0.4, -0.2) is 52.0 Å². The fourth-order valence-electron chi connectivity index (χ4n) is 4.86. The van der Waals surface area contributed by atoms with Crippen LogP contribution in [0.15, 0.2) is 53.3 Å². The Balaban J connectivity index is 1.52. The summed E-state index contributed by atoms with van der Waals surface area (Å²) in [6, 6.07) is 16.4. The predicted octanol–water partition coefficient (Wildman–Crippen LogP) is 4.06. The van der Waals surface area contributed by atoms with E-state index in [0.29, 0.717) is 35.2 Å². The molecule has 1 fully saturated rings. The molecule has 0 saturated carbocycles. The van der Waals surface area contributed by atoms with Crippen molar-refractivity contribution in [3.8, 4) is 22.8 Å². The summed E-state index contributed by atoms with van der Waals surface area (Å²) < 4.78 is 7.67. The predicted molar refractivity (Wildman–Crippen MR) is 140 cm³/mol. The van der Waals surface area contributed by atoms with Crippen molar-refractivity contribution in [2.75, 3.05) is 31.1 Å². The smallest absolute Gasteiger partial charge is 0.277 e. The van der Waals surface area contributed by atoms with Gasteiger partial charge >= 0.3 is 0 Å². The minimum atomic E-state index is -0.230. The standard InChI is InChI=1S/C27H32N6O2/c1-4-28-19-13-15-32(16-14-19)21-11-12-22(23(17-21)35-5-2)26-29-24-18(3)31-33(25(24)27(34)30-26)20-9-7-6-8-10-20/h6-12,17,19,28H,4-5,13-16H2,1-3H3,(H,29,30,34). The van der Waals surface area contributed by atoms with Gasteiger partial charge in [-0.25, -0.2) is 9.67 Å². The molecule has 0 radical (unpaired) electrons. The second-order valence-electron chi connectivity index (χ2n) is 8.88. The zero-order valence-corrected chi connectivity index (χ0v) is 20.5. The molecule has 0 bridgehead atoms. The first-order valence-corrected chi connectivity index (χ1v) is 12.4. The molecule has 0 atom stereocenters. The van der Waals surface area contributed by atoms with Gasteiger partial charge in [-0.3, -0.25) is 4.79 Å². The number of para-hydroxylation sites is 1. The molecular formula is C27H32N6O2. The minimum absolute atomic E-state index is 0.230. The van der Waals surface area contributed by atoms with Gasteiger partial charge in [-0.05, 0) is 57.5 Å². The highest BCUT2D eigenvalue weighted by atomic mass is 16.5. The Kier molecular flexibility index (Phi) is 6.55. The number of piperidine rings is 1. The van der Waals surface area contributed by atoms with Crippen LogP contribution in [0.4, 0.5) is 5.69 Å². The van der Waals surface area contributed by atoms with E-state index in [1.54, 1.807) is 4.68 Å². The van der Waals surface area contributed by atoms with Gasteiger partial charge in [0.15, 0.2) is 5.52 Å². The molecular weight excluding hydrogens is 440 g/mol. The average molecular weight is 473 g/mol. The first kappa shape index (κ1) is 23.1. The third-order valence-corrected chi connectivity index (χ3v) is 6.57. The van der Waals surface area contributed by atoms with Crippen molar-refractivity contribution in [1.29, 1.82) is 0 Å². The van der Waals surface area contributed by atoms with E-state index < -0.39 is 0 Å². The lowest BCUT2D eigenvalue weighted by atomic mass is 10.0. The van der Waals surface area contributed by atoms with Crippen LogP contribution in [-0.2, 0) is 0 Å². The van der Waals surface area contributed by atoms with Gasteiger partial charge in [-0.15, -0.1) is 0 Å². The number of hydrogen-bond donors (Lipinski definition) is 2. The van der Waals surface area contributed by atoms with Gasteiger partial charge < -0.3 is 19.9 Å². The van der Waals surface area contributed by atoms with Crippen LogP contribution in [0.1, 0.15) is 32.4 Å². The van der Waals surface area contributed by atoms with Gasteiger partial charge in [0.2, 0.25) is 0 Å². The number of fused-ring (bicyclic) bond motifs is 1. The molecule has 3 heterocycles. The molecule has 1 aliphatic heterocycles. The zero-order valence-electron chi connectivity index (χ0n) is 20.5. The van der Waals surface area contributed by atoms with Crippen LogP contribution in [0.2, 0.25) is 0 Å². The number of nitrogens with zero attached hydrogens (tertiary/aromatic N) is 4. The summed E-state index contributed by atoms with van der Waals surface area (Å²) >= 11 is 0. The molecule has 35 heavy (non-hydrogen) atoms. The Hall–Kier alpha value is -3.65. The molecule has 8 nitrogen and oxygen atoms in total. The number of hydrogen-bond acceptors (Lipinski definition) is 6. The number of H-pyrrole nitrogens is 1. The maximum atomic E-state index is 13.2.